The van der Waals surface area contributed by atoms with Crippen LogP contribution in [-0.2, 0) is 22.4 Å². The van der Waals surface area contributed by atoms with Gasteiger partial charge < -0.3 is 25.4 Å². The van der Waals surface area contributed by atoms with Gasteiger partial charge in [-0.3, -0.25) is 9.78 Å². The summed E-state index contributed by atoms with van der Waals surface area (Å²) in [6, 6.07) is 7.96. The predicted molar refractivity (Wildman–Crippen MR) is 135 cm³/mol. The van der Waals surface area contributed by atoms with Crippen LogP contribution in [-0.4, -0.2) is 84.0 Å². The number of halogens is 1. The first-order chi connectivity index (χ1) is 17.5. The third-order valence-corrected chi connectivity index (χ3v) is 6.15. The molecule has 0 saturated carbocycles. The normalized spacial score (nSPS) is 14.5. The Balaban J connectivity index is 1.51. The van der Waals surface area contributed by atoms with Crippen LogP contribution < -0.4 is 10.6 Å². The summed E-state index contributed by atoms with van der Waals surface area (Å²) in [6.07, 6.45) is 5.11. The lowest BCUT2D eigenvalue weighted by Crippen LogP contribution is -2.44. The second kappa shape index (κ2) is 14.4. The molecule has 2 atom stereocenters. The number of amides is 1. The molecule has 1 aliphatic rings. The summed E-state index contributed by atoms with van der Waals surface area (Å²) in [5.74, 6) is -0.711. The van der Waals surface area contributed by atoms with Gasteiger partial charge in [-0.1, -0.05) is 12.1 Å². The summed E-state index contributed by atoms with van der Waals surface area (Å²) >= 11 is 0. The molecule has 1 amide bonds. The maximum Gasteiger partial charge on any atom is 0.326 e. The van der Waals surface area contributed by atoms with Gasteiger partial charge in [0.2, 0.25) is 0 Å². The zero-order chi connectivity index (χ0) is 25.8. The number of alkyl halides is 1. The fourth-order valence-electron chi connectivity index (χ4n) is 4.26. The Hall–Kier alpha value is -3.11. The van der Waals surface area contributed by atoms with Gasteiger partial charge in [0, 0.05) is 38.6 Å². The Morgan fingerprint density at radius 3 is 2.86 bits per heavy atom. The molecule has 1 aliphatic heterocycles. The minimum atomic E-state index is -1.19. The van der Waals surface area contributed by atoms with Crippen molar-refractivity contribution in [1.29, 1.82) is 0 Å². The number of nitrogens with one attached hydrogen (secondary N) is 2. The molecular weight excluding hydrogens is 465 g/mol. The molecular formula is C26H36FN5O4. The largest absolute Gasteiger partial charge is 0.480 e. The summed E-state index contributed by atoms with van der Waals surface area (Å²) in [5, 5.41) is 15.5. The number of anilines is 1. The standard InChI is InChI=1S/C26H36FN5O4/c1-36-18-20(27)17-32(15-5-3-8-21-11-10-19-7-6-14-29-24(19)30-21)16-12-23(26(34)35)31-25(33)22-9-2-4-13-28-22/h2,4,9-11,13,20,23H,3,5-8,12,14-18H2,1H3,(H,29,30)(H,31,33)(H,34,35). The van der Waals surface area contributed by atoms with Crippen molar-refractivity contribution in [1.82, 2.24) is 20.2 Å². The summed E-state index contributed by atoms with van der Waals surface area (Å²) in [4.78, 5) is 34.7. The second-order valence-corrected chi connectivity index (χ2v) is 9.02. The number of pyridine rings is 2. The minimum Gasteiger partial charge on any atom is -0.480 e. The van der Waals surface area contributed by atoms with Gasteiger partial charge in [0.05, 0.1) is 6.61 Å². The number of unbranched alkanes of at least 4 members (excludes halogenated alkanes) is 1. The first-order valence-electron chi connectivity index (χ1n) is 12.5. The van der Waals surface area contributed by atoms with Crippen molar-refractivity contribution in [3.63, 3.8) is 0 Å². The number of hydrogen-bond donors (Lipinski definition) is 3. The van der Waals surface area contributed by atoms with Crippen molar-refractivity contribution in [2.45, 2.75) is 50.7 Å². The number of carboxylic acids is 1. The third kappa shape index (κ3) is 8.83. The zero-order valence-corrected chi connectivity index (χ0v) is 20.8. The van der Waals surface area contributed by atoms with Gasteiger partial charge in [0.15, 0.2) is 0 Å². The van der Waals surface area contributed by atoms with E-state index >= 15 is 0 Å². The van der Waals surface area contributed by atoms with E-state index in [-0.39, 0.29) is 25.3 Å². The van der Waals surface area contributed by atoms with Crippen molar-refractivity contribution in [3.05, 3.63) is 53.5 Å². The number of carbonyl (C=O) groups is 2. The van der Waals surface area contributed by atoms with E-state index < -0.39 is 24.1 Å². The Morgan fingerprint density at radius 1 is 1.25 bits per heavy atom. The molecule has 0 bridgehead atoms. The monoisotopic (exact) mass is 501 g/mol. The number of aliphatic carboxylic acids is 1. The number of aryl methyl sites for hydroxylation is 2. The van der Waals surface area contributed by atoms with E-state index in [1.807, 2.05) is 4.90 Å². The van der Waals surface area contributed by atoms with Crippen molar-refractivity contribution < 1.29 is 23.8 Å². The molecule has 2 unspecified atom stereocenters. The third-order valence-electron chi connectivity index (χ3n) is 6.15. The van der Waals surface area contributed by atoms with E-state index in [0.717, 1.165) is 50.2 Å². The summed E-state index contributed by atoms with van der Waals surface area (Å²) in [6.45, 7) is 1.99. The Labute approximate surface area is 211 Å². The quantitative estimate of drug-likeness (QED) is 0.319. The Kier molecular flexibility index (Phi) is 11.0. The van der Waals surface area contributed by atoms with Crippen molar-refractivity contribution in [3.8, 4) is 0 Å². The molecule has 3 N–H and O–H groups in total. The summed E-state index contributed by atoms with van der Waals surface area (Å²) < 4.78 is 19.2. The predicted octanol–water partition coefficient (Wildman–Crippen LogP) is 2.72. The maximum absolute atomic E-state index is 14.3. The summed E-state index contributed by atoms with van der Waals surface area (Å²) in [7, 11) is 1.45. The molecule has 0 radical (unpaired) electrons. The number of rotatable bonds is 15. The topological polar surface area (TPSA) is 117 Å². The molecule has 0 aromatic carbocycles. The molecule has 0 saturated heterocycles. The highest BCUT2D eigenvalue weighted by atomic mass is 19.1. The van der Waals surface area contributed by atoms with Crippen molar-refractivity contribution >= 4 is 17.7 Å². The fourth-order valence-corrected chi connectivity index (χ4v) is 4.26. The highest BCUT2D eigenvalue weighted by Gasteiger charge is 2.23. The minimum absolute atomic E-state index is 0.0265. The first kappa shape index (κ1) is 27.5. The van der Waals surface area contributed by atoms with Gasteiger partial charge in [0.1, 0.15) is 23.7 Å². The van der Waals surface area contributed by atoms with Crippen molar-refractivity contribution in [2.75, 3.05) is 45.2 Å². The van der Waals surface area contributed by atoms with Gasteiger partial charge in [-0.15, -0.1) is 0 Å². The lowest BCUT2D eigenvalue weighted by Gasteiger charge is -2.25. The molecule has 3 rings (SSSR count). The van der Waals surface area contributed by atoms with E-state index in [9.17, 15) is 19.1 Å². The van der Waals surface area contributed by atoms with Gasteiger partial charge >= 0.3 is 5.97 Å². The molecule has 3 heterocycles. The molecule has 196 valence electrons. The maximum atomic E-state index is 14.3. The number of methoxy groups -OCH3 is 1. The average molecular weight is 502 g/mol. The number of hydrogen-bond acceptors (Lipinski definition) is 7. The second-order valence-electron chi connectivity index (χ2n) is 9.02. The Morgan fingerprint density at radius 2 is 2.11 bits per heavy atom. The molecule has 0 spiro atoms. The average Bonchev–Trinajstić information content (AvgIpc) is 2.89. The van der Waals surface area contributed by atoms with Gasteiger partial charge in [-0.25, -0.2) is 14.2 Å². The van der Waals surface area contributed by atoms with E-state index in [0.29, 0.717) is 13.1 Å². The number of aromatic nitrogens is 2. The highest BCUT2D eigenvalue weighted by molar-refractivity contribution is 5.94. The van der Waals surface area contributed by atoms with Crippen LogP contribution in [0.1, 0.15) is 47.4 Å². The SMILES string of the molecule is COCC(F)CN(CCCCc1ccc2c(n1)NCCC2)CCC(NC(=O)c1ccccn1)C(=O)O. The van der Waals surface area contributed by atoms with Crippen LogP contribution in [0.4, 0.5) is 10.2 Å². The fraction of sp³-hybridized carbons (Fsp3) is 0.538. The van der Waals surface area contributed by atoms with E-state index in [4.69, 9.17) is 9.72 Å². The number of ether oxygens (including phenoxy) is 1. The highest BCUT2D eigenvalue weighted by Crippen LogP contribution is 2.20. The zero-order valence-electron chi connectivity index (χ0n) is 20.8. The first-order valence-corrected chi connectivity index (χ1v) is 12.5. The van der Waals surface area contributed by atoms with Crippen LogP contribution in [0.3, 0.4) is 0 Å². The number of carboxylic acid groups (broad SMARTS) is 1. The van der Waals surface area contributed by atoms with Crippen LogP contribution in [0.25, 0.3) is 0 Å². The van der Waals surface area contributed by atoms with Crippen molar-refractivity contribution in [2.24, 2.45) is 0 Å². The van der Waals surface area contributed by atoms with E-state index in [2.05, 4.69) is 27.8 Å². The van der Waals surface area contributed by atoms with Gasteiger partial charge in [-0.2, -0.15) is 0 Å². The molecule has 36 heavy (non-hydrogen) atoms. The number of nitrogens with zero attached hydrogens (tertiary/aromatic N) is 3. The van der Waals surface area contributed by atoms with Gasteiger partial charge in [0.25, 0.3) is 5.91 Å². The smallest absolute Gasteiger partial charge is 0.326 e. The van der Waals surface area contributed by atoms with E-state index in [1.165, 1.54) is 24.9 Å². The van der Waals surface area contributed by atoms with Crippen LogP contribution in [0.15, 0.2) is 36.5 Å². The van der Waals surface area contributed by atoms with Crippen LogP contribution in [0.2, 0.25) is 0 Å². The van der Waals surface area contributed by atoms with Crippen LogP contribution >= 0.6 is 0 Å². The van der Waals surface area contributed by atoms with E-state index in [1.54, 1.807) is 12.1 Å². The summed E-state index contributed by atoms with van der Waals surface area (Å²) in [5.41, 5.74) is 2.43. The lowest BCUT2D eigenvalue weighted by atomic mass is 10.1. The molecule has 9 nitrogen and oxygen atoms in total. The molecule has 0 aliphatic carbocycles. The molecule has 2 aromatic rings. The van der Waals surface area contributed by atoms with Crippen LogP contribution in [0, 0.1) is 0 Å². The number of fused-ring (bicyclic) bond motifs is 1. The Bertz CT molecular complexity index is 978. The number of carbonyl (C=O) groups excluding carboxylic acids is 1. The van der Waals surface area contributed by atoms with Gasteiger partial charge in [-0.05, 0) is 68.8 Å². The van der Waals surface area contributed by atoms with Crippen LogP contribution in [0.5, 0.6) is 0 Å². The molecule has 0 fully saturated rings. The molecule has 10 heteroatoms. The lowest BCUT2D eigenvalue weighted by molar-refractivity contribution is -0.139. The molecule has 2 aromatic heterocycles.